The molecule has 0 unspecified atom stereocenters. The monoisotopic (exact) mass is 266 g/mol. The summed E-state index contributed by atoms with van der Waals surface area (Å²) in [5.74, 6) is 0.746. The van der Waals surface area contributed by atoms with Crippen LogP contribution in [-0.2, 0) is 4.74 Å². The summed E-state index contributed by atoms with van der Waals surface area (Å²) in [6.45, 7) is 1.56. The molecule has 0 bridgehead atoms. The number of hydrogen-bond donors (Lipinski definition) is 0. The van der Waals surface area contributed by atoms with E-state index in [4.69, 9.17) is 21.1 Å². The van der Waals surface area contributed by atoms with Crippen molar-refractivity contribution in [2.45, 2.75) is 0 Å². The number of anilines is 1. The highest BCUT2D eigenvalue weighted by molar-refractivity contribution is 6.30. The highest BCUT2D eigenvalue weighted by Crippen LogP contribution is 2.34. The second-order valence-electron chi connectivity index (χ2n) is 4.56. The fourth-order valence-electron chi connectivity index (χ4n) is 2.04. The average Bonchev–Trinajstić information content (AvgIpc) is 2.33. The molecule has 1 aliphatic rings. The summed E-state index contributed by atoms with van der Waals surface area (Å²) in [5.41, 5.74) is 0.466. The van der Waals surface area contributed by atoms with Gasteiger partial charge in [-0.1, -0.05) is 11.6 Å². The summed E-state index contributed by atoms with van der Waals surface area (Å²) in [6.07, 6.45) is 0. The van der Waals surface area contributed by atoms with Gasteiger partial charge in [-0.25, -0.2) is 0 Å². The Morgan fingerprint density at radius 1 is 1.56 bits per heavy atom. The summed E-state index contributed by atoms with van der Waals surface area (Å²) in [6, 6.07) is 7.77. The van der Waals surface area contributed by atoms with Crippen LogP contribution in [0.25, 0.3) is 0 Å². The lowest BCUT2D eigenvalue weighted by Crippen LogP contribution is -2.49. The Bertz CT molecular complexity index is 480. The Labute approximate surface area is 112 Å². The van der Waals surface area contributed by atoms with Gasteiger partial charge in [-0.15, -0.1) is 0 Å². The molecule has 96 valence electrons. The second-order valence-corrected chi connectivity index (χ2v) is 4.99. The number of benzene rings is 1. The standard InChI is InChI=1S/C13H15ClN2O2/c1-16(7-13(6-15)8-18-9-13)11-5-10(14)3-4-12(11)17-2/h3-5H,7-9H2,1-2H3. The Morgan fingerprint density at radius 3 is 2.78 bits per heavy atom. The van der Waals surface area contributed by atoms with Crippen molar-refractivity contribution in [1.29, 1.82) is 5.26 Å². The molecule has 1 aromatic carbocycles. The Balaban J connectivity index is 2.20. The predicted octanol–water partition coefficient (Wildman–Crippen LogP) is 2.32. The number of methoxy groups -OCH3 is 1. The van der Waals surface area contributed by atoms with E-state index in [2.05, 4.69) is 6.07 Å². The van der Waals surface area contributed by atoms with Gasteiger partial charge in [0.1, 0.15) is 11.2 Å². The van der Waals surface area contributed by atoms with E-state index >= 15 is 0 Å². The zero-order chi connectivity index (χ0) is 13.2. The van der Waals surface area contributed by atoms with Gasteiger partial charge in [-0.3, -0.25) is 0 Å². The number of hydrogen-bond acceptors (Lipinski definition) is 4. The van der Waals surface area contributed by atoms with Gasteiger partial charge in [0.05, 0.1) is 32.1 Å². The molecule has 0 N–H and O–H groups in total. The maximum absolute atomic E-state index is 9.20. The molecule has 0 spiro atoms. The fourth-order valence-corrected chi connectivity index (χ4v) is 2.21. The van der Waals surface area contributed by atoms with Gasteiger partial charge in [-0.05, 0) is 18.2 Å². The largest absolute Gasteiger partial charge is 0.495 e. The minimum absolute atomic E-state index is 0.415. The third kappa shape index (κ3) is 2.38. The van der Waals surface area contributed by atoms with Gasteiger partial charge >= 0.3 is 0 Å². The molecule has 0 atom stereocenters. The smallest absolute Gasteiger partial charge is 0.142 e. The van der Waals surface area contributed by atoms with Gasteiger partial charge in [0, 0.05) is 18.6 Å². The zero-order valence-electron chi connectivity index (χ0n) is 10.4. The third-order valence-electron chi connectivity index (χ3n) is 3.09. The van der Waals surface area contributed by atoms with Crippen LogP contribution in [-0.4, -0.2) is 33.9 Å². The van der Waals surface area contributed by atoms with Crippen LogP contribution < -0.4 is 9.64 Å². The fraction of sp³-hybridized carbons (Fsp3) is 0.462. The highest BCUT2D eigenvalue weighted by Gasteiger charge is 2.40. The lowest BCUT2D eigenvalue weighted by atomic mass is 9.87. The molecule has 1 heterocycles. The van der Waals surface area contributed by atoms with Crippen LogP contribution in [0.15, 0.2) is 18.2 Å². The molecule has 1 aliphatic heterocycles. The summed E-state index contributed by atoms with van der Waals surface area (Å²) in [4.78, 5) is 1.98. The average molecular weight is 267 g/mol. The van der Waals surface area contributed by atoms with Crippen molar-refractivity contribution < 1.29 is 9.47 Å². The van der Waals surface area contributed by atoms with Crippen LogP contribution >= 0.6 is 11.6 Å². The van der Waals surface area contributed by atoms with Gasteiger partial charge in [0.2, 0.25) is 0 Å². The lowest BCUT2D eigenvalue weighted by molar-refractivity contribution is -0.0716. The molecule has 1 saturated heterocycles. The molecule has 0 radical (unpaired) electrons. The predicted molar refractivity (Wildman–Crippen MR) is 70.1 cm³/mol. The molecule has 0 aliphatic carbocycles. The van der Waals surface area contributed by atoms with Crippen LogP contribution in [0.5, 0.6) is 5.75 Å². The summed E-state index contributed by atoms with van der Waals surface area (Å²) in [5, 5.41) is 9.85. The second kappa shape index (κ2) is 5.05. The van der Waals surface area contributed by atoms with Gasteiger partial charge in [0.15, 0.2) is 0 Å². The molecular formula is C13H15ClN2O2. The first-order valence-electron chi connectivity index (χ1n) is 5.64. The lowest BCUT2D eigenvalue weighted by Gasteiger charge is -2.38. The number of nitrogens with zero attached hydrogens (tertiary/aromatic N) is 2. The van der Waals surface area contributed by atoms with E-state index in [1.807, 2.05) is 24.1 Å². The van der Waals surface area contributed by atoms with Crippen molar-refractivity contribution in [1.82, 2.24) is 0 Å². The van der Waals surface area contributed by atoms with E-state index in [-0.39, 0.29) is 0 Å². The number of rotatable bonds is 4. The molecule has 2 rings (SSSR count). The molecule has 18 heavy (non-hydrogen) atoms. The number of nitriles is 1. The molecule has 0 amide bonds. The van der Waals surface area contributed by atoms with Crippen LogP contribution in [0.4, 0.5) is 5.69 Å². The maximum atomic E-state index is 9.20. The molecule has 1 fully saturated rings. The van der Waals surface area contributed by atoms with E-state index in [1.54, 1.807) is 13.2 Å². The summed E-state index contributed by atoms with van der Waals surface area (Å²) < 4.78 is 10.4. The van der Waals surface area contributed by atoms with Crippen molar-refractivity contribution in [3.8, 4) is 11.8 Å². The quantitative estimate of drug-likeness (QED) is 0.839. The van der Waals surface area contributed by atoms with Gasteiger partial charge < -0.3 is 14.4 Å². The SMILES string of the molecule is COc1ccc(Cl)cc1N(C)CC1(C#N)COC1. The van der Waals surface area contributed by atoms with Gasteiger partial charge in [0.25, 0.3) is 0 Å². The van der Waals surface area contributed by atoms with Crippen molar-refractivity contribution in [2.75, 3.05) is 38.8 Å². The van der Waals surface area contributed by atoms with Crippen molar-refractivity contribution in [3.05, 3.63) is 23.2 Å². The van der Waals surface area contributed by atoms with Crippen LogP contribution in [0.1, 0.15) is 0 Å². The third-order valence-corrected chi connectivity index (χ3v) is 3.32. The Morgan fingerprint density at radius 2 is 2.28 bits per heavy atom. The molecular weight excluding hydrogens is 252 g/mol. The first-order chi connectivity index (χ1) is 8.60. The number of ether oxygens (including phenoxy) is 2. The minimum Gasteiger partial charge on any atom is -0.495 e. The number of halogens is 1. The highest BCUT2D eigenvalue weighted by atomic mass is 35.5. The van der Waals surface area contributed by atoms with E-state index < -0.39 is 5.41 Å². The normalized spacial score (nSPS) is 16.6. The first kappa shape index (κ1) is 13.0. The Kier molecular flexibility index (Phi) is 3.65. The minimum atomic E-state index is -0.415. The van der Waals surface area contributed by atoms with Crippen molar-refractivity contribution in [2.24, 2.45) is 5.41 Å². The first-order valence-corrected chi connectivity index (χ1v) is 6.02. The maximum Gasteiger partial charge on any atom is 0.142 e. The molecule has 5 heteroatoms. The summed E-state index contributed by atoms with van der Waals surface area (Å²) >= 11 is 6.00. The van der Waals surface area contributed by atoms with Crippen LogP contribution in [0.2, 0.25) is 5.02 Å². The van der Waals surface area contributed by atoms with E-state index in [1.165, 1.54) is 0 Å². The molecule has 0 saturated carbocycles. The van der Waals surface area contributed by atoms with Crippen molar-refractivity contribution in [3.63, 3.8) is 0 Å². The van der Waals surface area contributed by atoms with Crippen LogP contribution in [0, 0.1) is 16.7 Å². The summed E-state index contributed by atoms with van der Waals surface area (Å²) in [7, 11) is 3.54. The topological polar surface area (TPSA) is 45.5 Å². The molecule has 0 aromatic heterocycles. The van der Waals surface area contributed by atoms with Crippen LogP contribution in [0.3, 0.4) is 0 Å². The molecule has 1 aromatic rings. The van der Waals surface area contributed by atoms with E-state index in [0.29, 0.717) is 24.8 Å². The van der Waals surface area contributed by atoms with E-state index in [9.17, 15) is 5.26 Å². The Hall–Kier alpha value is -1.44. The molecule has 4 nitrogen and oxygen atoms in total. The van der Waals surface area contributed by atoms with E-state index in [0.717, 1.165) is 11.4 Å². The van der Waals surface area contributed by atoms with Gasteiger partial charge in [-0.2, -0.15) is 5.26 Å². The van der Waals surface area contributed by atoms with Crippen molar-refractivity contribution >= 4 is 17.3 Å². The zero-order valence-corrected chi connectivity index (χ0v) is 11.2.